The quantitative estimate of drug-likeness (QED) is 0.665. The maximum absolute atomic E-state index is 3.51. The summed E-state index contributed by atoms with van der Waals surface area (Å²) in [7, 11) is 0. The van der Waals surface area contributed by atoms with Gasteiger partial charge in [-0.25, -0.2) is 0 Å². The average molecular weight is 212 g/mol. The summed E-state index contributed by atoms with van der Waals surface area (Å²) in [6.07, 6.45) is 11.1. The molecule has 0 saturated heterocycles. The van der Waals surface area contributed by atoms with Crippen molar-refractivity contribution in [2.45, 2.75) is 20.4 Å². The van der Waals surface area contributed by atoms with Crippen LogP contribution in [0.15, 0.2) is 17.8 Å². The number of fused-ring (bicyclic) bond motifs is 3. The van der Waals surface area contributed by atoms with E-state index in [-0.39, 0.29) is 0 Å². The molecule has 2 nitrogen and oxygen atoms in total. The van der Waals surface area contributed by atoms with Gasteiger partial charge in [-0.05, 0) is 31.2 Å². The number of aromatic amines is 1. The van der Waals surface area contributed by atoms with E-state index in [4.69, 9.17) is 0 Å². The van der Waals surface area contributed by atoms with Crippen molar-refractivity contribution in [3.63, 3.8) is 0 Å². The van der Waals surface area contributed by atoms with Crippen LogP contribution in [0.3, 0.4) is 0 Å². The largest absolute Gasteiger partial charge is 0.385 e. The summed E-state index contributed by atoms with van der Waals surface area (Å²) in [4.78, 5) is 3.51. The van der Waals surface area contributed by atoms with Gasteiger partial charge in [0.1, 0.15) is 0 Å². The molecule has 1 aliphatic heterocycles. The first-order chi connectivity index (χ1) is 7.74. The molecule has 3 rings (SSSR count). The van der Waals surface area contributed by atoms with Gasteiger partial charge < -0.3 is 10.3 Å². The number of hydrogen-bond acceptors (Lipinski definition) is 1. The summed E-state index contributed by atoms with van der Waals surface area (Å²) in [5.41, 5.74) is 3.98. The number of allylic oxidation sites excluding steroid dienone is 2. The summed E-state index contributed by atoms with van der Waals surface area (Å²) in [6, 6.07) is 0. The predicted molar refractivity (Wildman–Crippen MR) is 67.8 cm³/mol. The van der Waals surface area contributed by atoms with Crippen LogP contribution < -0.4 is 15.9 Å². The number of aromatic nitrogens is 1. The third-order valence-corrected chi connectivity index (χ3v) is 3.17. The lowest BCUT2D eigenvalue weighted by Gasteiger charge is -2.06. The van der Waals surface area contributed by atoms with Crippen LogP contribution in [0.25, 0.3) is 18.2 Å². The van der Waals surface area contributed by atoms with Crippen molar-refractivity contribution in [3.05, 3.63) is 39.7 Å². The molecule has 0 aromatic carbocycles. The number of hydrogen-bond donors (Lipinski definition) is 2. The molecule has 0 bridgehead atoms. The van der Waals surface area contributed by atoms with E-state index in [9.17, 15) is 0 Å². The Morgan fingerprint density at radius 2 is 2.19 bits per heavy atom. The molecule has 0 radical (unpaired) electrons. The van der Waals surface area contributed by atoms with Gasteiger partial charge in [-0.15, -0.1) is 0 Å². The molecule has 1 aromatic heterocycles. The SMILES string of the molecule is CC1=CC(C)C=c2[nH]c3c(c2=C1)C=CNC3. The highest BCUT2D eigenvalue weighted by atomic mass is 14.9. The zero-order chi connectivity index (χ0) is 11.1. The summed E-state index contributed by atoms with van der Waals surface area (Å²) < 4.78 is 0. The molecule has 16 heavy (non-hydrogen) atoms. The molecule has 1 unspecified atom stereocenters. The fourth-order valence-electron chi connectivity index (χ4n) is 2.53. The zero-order valence-electron chi connectivity index (χ0n) is 9.67. The molecule has 0 fully saturated rings. The van der Waals surface area contributed by atoms with E-state index in [1.165, 1.54) is 27.4 Å². The topological polar surface area (TPSA) is 27.8 Å². The molecule has 82 valence electrons. The second kappa shape index (κ2) is 3.41. The monoisotopic (exact) mass is 212 g/mol. The van der Waals surface area contributed by atoms with Gasteiger partial charge in [0.25, 0.3) is 0 Å². The Labute approximate surface area is 95.1 Å². The lowest BCUT2D eigenvalue weighted by molar-refractivity contribution is 0.830. The van der Waals surface area contributed by atoms with Crippen LogP contribution in [-0.4, -0.2) is 4.98 Å². The minimum atomic E-state index is 0.495. The molecule has 0 spiro atoms. The minimum absolute atomic E-state index is 0.495. The molecule has 2 heterocycles. The molecule has 0 saturated carbocycles. The highest BCUT2D eigenvalue weighted by Gasteiger charge is 2.10. The fraction of sp³-hybridized carbons (Fsp3) is 0.286. The maximum Gasteiger partial charge on any atom is 0.0552 e. The Hall–Kier alpha value is -1.70. The lowest BCUT2D eigenvalue weighted by atomic mass is 10.1. The van der Waals surface area contributed by atoms with E-state index in [0.29, 0.717) is 5.92 Å². The van der Waals surface area contributed by atoms with Gasteiger partial charge in [-0.2, -0.15) is 0 Å². The maximum atomic E-state index is 3.51. The van der Waals surface area contributed by atoms with Gasteiger partial charge in [0.2, 0.25) is 0 Å². The minimum Gasteiger partial charge on any atom is -0.385 e. The normalized spacial score (nSPS) is 21.9. The van der Waals surface area contributed by atoms with Gasteiger partial charge in [0.15, 0.2) is 0 Å². The number of H-pyrrole nitrogens is 1. The summed E-state index contributed by atoms with van der Waals surface area (Å²) in [6.45, 7) is 5.29. The van der Waals surface area contributed by atoms with Crippen molar-refractivity contribution >= 4 is 18.2 Å². The predicted octanol–water partition coefficient (Wildman–Crippen LogP) is 1.25. The molecule has 2 heteroatoms. The van der Waals surface area contributed by atoms with Crippen LogP contribution >= 0.6 is 0 Å². The second-order valence-electron chi connectivity index (χ2n) is 4.64. The van der Waals surface area contributed by atoms with E-state index in [1.807, 2.05) is 6.20 Å². The number of nitrogens with one attached hydrogen (secondary N) is 2. The molecule has 1 atom stereocenters. The third kappa shape index (κ3) is 1.42. The molecule has 1 aromatic rings. The van der Waals surface area contributed by atoms with Crippen LogP contribution in [0.1, 0.15) is 25.1 Å². The molecule has 1 aliphatic carbocycles. The van der Waals surface area contributed by atoms with Crippen molar-refractivity contribution in [1.82, 2.24) is 10.3 Å². The van der Waals surface area contributed by atoms with Crippen LogP contribution in [0.2, 0.25) is 0 Å². The van der Waals surface area contributed by atoms with Crippen molar-refractivity contribution in [3.8, 4) is 0 Å². The Bertz CT molecular complexity index is 599. The van der Waals surface area contributed by atoms with Crippen LogP contribution in [0.5, 0.6) is 0 Å². The van der Waals surface area contributed by atoms with E-state index in [0.717, 1.165) is 6.54 Å². The molecule has 0 amide bonds. The average Bonchev–Trinajstić information content (AvgIpc) is 2.49. The van der Waals surface area contributed by atoms with Crippen LogP contribution in [-0.2, 0) is 6.54 Å². The summed E-state index contributed by atoms with van der Waals surface area (Å²) in [5, 5.41) is 5.84. The molecular formula is C14H16N2. The Morgan fingerprint density at radius 3 is 3.06 bits per heavy atom. The van der Waals surface area contributed by atoms with Crippen LogP contribution in [0.4, 0.5) is 0 Å². The highest BCUT2D eigenvalue weighted by molar-refractivity contribution is 5.62. The Kier molecular flexibility index (Phi) is 2.03. The Morgan fingerprint density at radius 1 is 1.31 bits per heavy atom. The standard InChI is InChI=1S/C14H16N2/c1-9-5-10(2)7-13-12(6-9)11-3-4-15-8-14(11)16-13/h3-7,10,15-16H,8H2,1-2H3. The van der Waals surface area contributed by atoms with Crippen molar-refractivity contribution in [2.24, 2.45) is 5.92 Å². The van der Waals surface area contributed by atoms with Crippen LogP contribution in [0, 0.1) is 5.92 Å². The van der Waals surface area contributed by atoms with Crippen molar-refractivity contribution < 1.29 is 0 Å². The van der Waals surface area contributed by atoms with E-state index < -0.39 is 0 Å². The van der Waals surface area contributed by atoms with E-state index in [1.54, 1.807) is 0 Å². The summed E-state index contributed by atoms with van der Waals surface area (Å²) >= 11 is 0. The van der Waals surface area contributed by atoms with E-state index >= 15 is 0 Å². The first-order valence-electron chi connectivity index (χ1n) is 5.77. The lowest BCUT2D eigenvalue weighted by Crippen LogP contribution is -2.24. The van der Waals surface area contributed by atoms with Gasteiger partial charge in [0, 0.05) is 21.8 Å². The van der Waals surface area contributed by atoms with Gasteiger partial charge in [-0.3, -0.25) is 0 Å². The third-order valence-electron chi connectivity index (χ3n) is 3.17. The fourth-order valence-corrected chi connectivity index (χ4v) is 2.53. The zero-order valence-corrected chi connectivity index (χ0v) is 9.67. The van der Waals surface area contributed by atoms with Gasteiger partial charge >= 0.3 is 0 Å². The van der Waals surface area contributed by atoms with E-state index in [2.05, 4.69) is 48.5 Å². The van der Waals surface area contributed by atoms with Gasteiger partial charge in [0.05, 0.1) is 6.54 Å². The molecular weight excluding hydrogens is 196 g/mol. The van der Waals surface area contributed by atoms with Gasteiger partial charge in [-0.1, -0.05) is 24.6 Å². The Balaban J connectivity index is 2.36. The van der Waals surface area contributed by atoms with Crippen molar-refractivity contribution in [2.75, 3.05) is 0 Å². The second-order valence-corrected chi connectivity index (χ2v) is 4.64. The smallest absolute Gasteiger partial charge is 0.0552 e. The number of rotatable bonds is 0. The molecule has 2 aliphatic rings. The summed E-state index contributed by atoms with van der Waals surface area (Å²) in [5.74, 6) is 0.495. The highest BCUT2D eigenvalue weighted by Crippen LogP contribution is 2.11. The molecule has 2 N–H and O–H groups in total. The first kappa shape index (κ1) is 9.52. The first-order valence-corrected chi connectivity index (χ1v) is 5.77. The van der Waals surface area contributed by atoms with Crippen molar-refractivity contribution in [1.29, 1.82) is 0 Å².